The summed E-state index contributed by atoms with van der Waals surface area (Å²) in [5.41, 5.74) is 6.56. The molecule has 0 heterocycles. The van der Waals surface area contributed by atoms with Crippen molar-refractivity contribution in [2.75, 3.05) is 6.54 Å². The molecular formula is C14H18ClN3O. The fraction of sp³-hybridized carbons (Fsp3) is 0.429. The lowest BCUT2D eigenvalue weighted by Gasteiger charge is -2.29. The summed E-state index contributed by atoms with van der Waals surface area (Å²) >= 11 is 0. The predicted octanol–water partition coefficient (Wildman–Crippen LogP) is 1.84. The summed E-state index contributed by atoms with van der Waals surface area (Å²) < 4.78 is 0. The zero-order valence-electron chi connectivity index (χ0n) is 10.8. The minimum absolute atomic E-state index is 0. The molecule has 1 aromatic carbocycles. The second kappa shape index (κ2) is 6.05. The van der Waals surface area contributed by atoms with E-state index in [1.54, 1.807) is 24.3 Å². The molecule has 19 heavy (non-hydrogen) atoms. The van der Waals surface area contributed by atoms with Crippen molar-refractivity contribution < 1.29 is 4.79 Å². The van der Waals surface area contributed by atoms with Crippen LogP contribution in [0.4, 0.5) is 0 Å². The highest BCUT2D eigenvalue weighted by molar-refractivity contribution is 5.94. The number of carbonyl (C=O) groups is 1. The van der Waals surface area contributed by atoms with Crippen LogP contribution in [0.15, 0.2) is 24.3 Å². The van der Waals surface area contributed by atoms with Crippen LogP contribution in [0.5, 0.6) is 0 Å². The van der Waals surface area contributed by atoms with Gasteiger partial charge in [-0.3, -0.25) is 4.79 Å². The summed E-state index contributed by atoms with van der Waals surface area (Å²) in [5.74, 6) is 0.365. The quantitative estimate of drug-likeness (QED) is 0.883. The van der Waals surface area contributed by atoms with Gasteiger partial charge in [-0.1, -0.05) is 0 Å². The third kappa shape index (κ3) is 3.46. The highest BCUT2D eigenvalue weighted by Gasteiger charge is 2.41. The Morgan fingerprint density at radius 1 is 1.47 bits per heavy atom. The van der Waals surface area contributed by atoms with E-state index < -0.39 is 0 Å². The molecule has 3 N–H and O–H groups in total. The molecule has 1 amide bonds. The lowest BCUT2D eigenvalue weighted by atomic mass is 9.95. The molecule has 102 valence electrons. The molecule has 1 aromatic rings. The van der Waals surface area contributed by atoms with Gasteiger partial charge < -0.3 is 11.1 Å². The fourth-order valence-electron chi connectivity index (χ4n) is 2.07. The van der Waals surface area contributed by atoms with E-state index in [1.807, 2.05) is 13.0 Å². The number of nitriles is 1. The highest BCUT2D eigenvalue weighted by Crippen LogP contribution is 2.39. The Morgan fingerprint density at radius 3 is 2.47 bits per heavy atom. The molecule has 0 spiro atoms. The Labute approximate surface area is 119 Å². The van der Waals surface area contributed by atoms with Gasteiger partial charge in [0.25, 0.3) is 5.91 Å². The minimum Gasteiger partial charge on any atom is -0.345 e. The molecule has 5 heteroatoms. The van der Waals surface area contributed by atoms with Gasteiger partial charge in [0, 0.05) is 12.1 Å². The summed E-state index contributed by atoms with van der Waals surface area (Å²) in [6.07, 6.45) is 2.25. The number of nitrogens with one attached hydrogen (secondary N) is 1. The van der Waals surface area contributed by atoms with Crippen molar-refractivity contribution in [3.05, 3.63) is 35.4 Å². The van der Waals surface area contributed by atoms with Crippen LogP contribution in [0.1, 0.15) is 35.7 Å². The van der Waals surface area contributed by atoms with Gasteiger partial charge >= 0.3 is 0 Å². The number of nitrogens with zero attached hydrogens (tertiary/aromatic N) is 1. The van der Waals surface area contributed by atoms with Crippen molar-refractivity contribution in [1.29, 1.82) is 5.26 Å². The van der Waals surface area contributed by atoms with Crippen LogP contribution in [-0.2, 0) is 0 Å². The first-order chi connectivity index (χ1) is 8.59. The summed E-state index contributed by atoms with van der Waals surface area (Å²) in [6, 6.07) is 8.65. The van der Waals surface area contributed by atoms with E-state index in [0.29, 0.717) is 23.6 Å². The molecule has 2 rings (SSSR count). The Balaban J connectivity index is 0.00000180. The first-order valence-electron chi connectivity index (χ1n) is 6.12. The van der Waals surface area contributed by atoms with E-state index in [0.717, 1.165) is 12.8 Å². The van der Waals surface area contributed by atoms with E-state index in [-0.39, 0.29) is 23.9 Å². The number of nitrogens with two attached hydrogens (primary N) is 1. The summed E-state index contributed by atoms with van der Waals surface area (Å²) in [5, 5.41) is 11.7. The number of hydrogen-bond acceptors (Lipinski definition) is 3. The van der Waals surface area contributed by atoms with Crippen molar-refractivity contribution in [3.63, 3.8) is 0 Å². The number of amides is 1. The van der Waals surface area contributed by atoms with Gasteiger partial charge in [0.15, 0.2) is 0 Å². The lowest BCUT2D eigenvalue weighted by molar-refractivity contribution is 0.0898. The maximum atomic E-state index is 12.1. The fourth-order valence-corrected chi connectivity index (χ4v) is 2.07. The Kier molecular flexibility index (Phi) is 4.93. The second-order valence-corrected chi connectivity index (χ2v) is 5.04. The van der Waals surface area contributed by atoms with E-state index in [2.05, 4.69) is 5.32 Å². The third-order valence-corrected chi connectivity index (χ3v) is 3.58. The molecule has 1 saturated carbocycles. The standard InChI is InChI=1S/C14H17N3O.ClH/c1-14(9-16,12-6-7-12)17-13(18)11-4-2-10(8-15)3-5-11;/h2-5,12H,6-7,9,16H2,1H3,(H,17,18);1H. The van der Waals surface area contributed by atoms with E-state index in [4.69, 9.17) is 11.0 Å². The average Bonchev–Trinajstić information content (AvgIpc) is 3.23. The van der Waals surface area contributed by atoms with E-state index in [9.17, 15) is 4.79 Å². The van der Waals surface area contributed by atoms with Crippen molar-refractivity contribution in [2.24, 2.45) is 11.7 Å². The molecule has 1 aliphatic carbocycles. The molecule has 1 fully saturated rings. The van der Waals surface area contributed by atoms with Gasteiger partial charge in [-0.15, -0.1) is 12.4 Å². The molecule has 0 bridgehead atoms. The Morgan fingerprint density at radius 2 is 2.05 bits per heavy atom. The lowest BCUT2D eigenvalue weighted by Crippen LogP contribution is -2.53. The molecule has 1 unspecified atom stereocenters. The molecule has 4 nitrogen and oxygen atoms in total. The van der Waals surface area contributed by atoms with Gasteiger partial charge in [0.05, 0.1) is 17.2 Å². The number of rotatable bonds is 4. The van der Waals surface area contributed by atoms with Crippen molar-refractivity contribution >= 4 is 18.3 Å². The zero-order valence-corrected chi connectivity index (χ0v) is 11.7. The first kappa shape index (κ1) is 15.5. The normalized spacial score (nSPS) is 16.7. The maximum absolute atomic E-state index is 12.1. The summed E-state index contributed by atoms with van der Waals surface area (Å²) in [6.45, 7) is 2.44. The van der Waals surface area contributed by atoms with Crippen LogP contribution < -0.4 is 11.1 Å². The van der Waals surface area contributed by atoms with Crippen LogP contribution in [0, 0.1) is 17.2 Å². The highest BCUT2D eigenvalue weighted by atomic mass is 35.5. The van der Waals surface area contributed by atoms with Crippen LogP contribution in [0.25, 0.3) is 0 Å². The van der Waals surface area contributed by atoms with Gasteiger partial charge in [0.1, 0.15) is 0 Å². The smallest absolute Gasteiger partial charge is 0.251 e. The van der Waals surface area contributed by atoms with E-state index >= 15 is 0 Å². The van der Waals surface area contributed by atoms with Gasteiger partial charge in [0.2, 0.25) is 0 Å². The maximum Gasteiger partial charge on any atom is 0.251 e. The Bertz CT molecular complexity index is 490. The SMILES string of the molecule is CC(CN)(NC(=O)c1ccc(C#N)cc1)C1CC1.Cl. The van der Waals surface area contributed by atoms with Gasteiger partial charge in [-0.2, -0.15) is 5.26 Å². The van der Waals surface area contributed by atoms with Crippen LogP contribution >= 0.6 is 12.4 Å². The van der Waals surface area contributed by atoms with Crippen molar-refractivity contribution in [3.8, 4) is 6.07 Å². The monoisotopic (exact) mass is 279 g/mol. The Hall–Kier alpha value is -1.57. The third-order valence-electron chi connectivity index (χ3n) is 3.58. The van der Waals surface area contributed by atoms with Crippen molar-refractivity contribution in [1.82, 2.24) is 5.32 Å². The van der Waals surface area contributed by atoms with Crippen LogP contribution in [0.3, 0.4) is 0 Å². The van der Waals surface area contributed by atoms with Crippen molar-refractivity contribution in [2.45, 2.75) is 25.3 Å². The summed E-state index contributed by atoms with van der Waals surface area (Å²) in [4.78, 5) is 12.1. The number of benzene rings is 1. The molecule has 1 atom stereocenters. The molecule has 0 radical (unpaired) electrons. The summed E-state index contributed by atoms with van der Waals surface area (Å²) in [7, 11) is 0. The van der Waals surface area contributed by atoms with Gasteiger partial charge in [-0.25, -0.2) is 0 Å². The molecule has 0 saturated heterocycles. The molecule has 1 aliphatic rings. The number of halogens is 1. The second-order valence-electron chi connectivity index (χ2n) is 5.04. The van der Waals surface area contributed by atoms with Gasteiger partial charge in [-0.05, 0) is 49.9 Å². The van der Waals surface area contributed by atoms with E-state index in [1.165, 1.54) is 0 Å². The molecule has 0 aromatic heterocycles. The van der Waals surface area contributed by atoms with Crippen LogP contribution in [-0.4, -0.2) is 18.0 Å². The molecular weight excluding hydrogens is 262 g/mol. The average molecular weight is 280 g/mol. The minimum atomic E-state index is -0.315. The zero-order chi connectivity index (χ0) is 13.2. The number of hydrogen-bond donors (Lipinski definition) is 2. The first-order valence-corrected chi connectivity index (χ1v) is 6.12. The van der Waals surface area contributed by atoms with Crippen LogP contribution in [0.2, 0.25) is 0 Å². The topological polar surface area (TPSA) is 78.9 Å². The number of carbonyl (C=O) groups excluding carboxylic acids is 1. The molecule has 0 aliphatic heterocycles. The largest absolute Gasteiger partial charge is 0.345 e. The predicted molar refractivity (Wildman–Crippen MR) is 76.1 cm³/mol.